The van der Waals surface area contributed by atoms with Crippen LogP contribution in [0.1, 0.15) is 48.6 Å². The molecule has 166 valence electrons. The number of carbonyl (C=O) groups excluding carboxylic acids is 1. The van der Waals surface area contributed by atoms with Crippen molar-refractivity contribution in [2.75, 3.05) is 0 Å². The Hall–Kier alpha value is -4.07. The number of aromatic nitrogens is 7. The minimum Gasteiger partial charge on any atom is -0.340 e. The second-order valence-electron chi connectivity index (χ2n) is 8.42. The van der Waals surface area contributed by atoms with E-state index in [0.29, 0.717) is 6.42 Å². The molecule has 0 amide bonds. The molecule has 1 N–H and O–H groups in total. The summed E-state index contributed by atoms with van der Waals surface area (Å²) in [4.78, 5) is 24.4. The molecule has 0 bridgehead atoms. The molecule has 8 heteroatoms. The average Bonchev–Trinajstić information content (AvgIpc) is 3.56. The van der Waals surface area contributed by atoms with Crippen molar-refractivity contribution in [2.24, 2.45) is 0 Å². The summed E-state index contributed by atoms with van der Waals surface area (Å²) in [7, 11) is 0. The molecule has 0 saturated heterocycles. The Labute approximate surface area is 191 Å². The van der Waals surface area contributed by atoms with Gasteiger partial charge in [0.05, 0.1) is 11.4 Å². The first kappa shape index (κ1) is 20.8. The van der Waals surface area contributed by atoms with E-state index in [2.05, 4.69) is 28.9 Å². The van der Waals surface area contributed by atoms with Crippen LogP contribution in [-0.2, 0) is 12.8 Å². The van der Waals surface area contributed by atoms with E-state index in [1.807, 2.05) is 59.5 Å². The van der Waals surface area contributed by atoms with E-state index in [9.17, 15) is 4.79 Å². The minimum atomic E-state index is 0.0728. The van der Waals surface area contributed by atoms with E-state index in [0.717, 1.165) is 51.7 Å². The number of Topliss-reactive ketones (excluding diaryl/α,β-unsaturated/α-hetero) is 1. The maximum Gasteiger partial charge on any atom is 0.159 e. The van der Waals surface area contributed by atoms with Gasteiger partial charge in [0.15, 0.2) is 11.4 Å². The lowest BCUT2D eigenvalue weighted by molar-refractivity contribution is 0.101. The first-order valence-corrected chi connectivity index (χ1v) is 11.0. The summed E-state index contributed by atoms with van der Waals surface area (Å²) < 4.78 is 3.68. The second kappa shape index (κ2) is 8.46. The van der Waals surface area contributed by atoms with Gasteiger partial charge in [0.2, 0.25) is 0 Å². The van der Waals surface area contributed by atoms with Crippen molar-refractivity contribution in [3.8, 4) is 22.6 Å². The molecule has 5 aromatic rings. The van der Waals surface area contributed by atoms with E-state index < -0.39 is 0 Å². The number of hydrogen-bond acceptors (Lipinski definition) is 5. The third-order valence-corrected chi connectivity index (χ3v) is 5.68. The zero-order valence-corrected chi connectivity index (χ0v) is 18.9. The highest BCUT2D eigenvalue weighted by molar-refractivity contribution is 5.94. The van der Waals surface area contributed by atoms with Crippen LogP contribution in [-0.4, -0.2) is 40.1 Å². The van der Waals surface area contributed by atoms with Gasteiger partial charge in [-0.15, -0.1) is 0 Å². The van der Waals surface area contributed by atoms with E-state index >= 15 is 0 Å². The van der Waals surface area contributed by atoms with Crippen LogP contribution >= 0.6 is 0 Å². The highest BCUT2D eigenvalue weighted by Crippen LogP contribution is 2.30. The van der Waals surface area contributed by atoms with Crippen LogP contribution in [0.2, 0.25) is 0 Å². The summed E-state index contributed by atoms with van der Waals surface area (Å²) in [5, 5.41) is 9.01. The average molecular weight is 440 g/mol. The normalized spacial score (nSPS) is 11.5. The Morgan fingerprint density at radius 3 is 2.79 bits per heavy atom. The monoisotopic (exact) mass is 439 g/mol. The van der Waals surface area contributed by atoms with E-state index in [4.69, 9.17) is 10.1 Å². The van der Waals surface area contributed by atoms with Gasteiger partial charge < -0.3 is 4.98 Å². The molecule has 0 unspecified atom stereocenters. The molecule has 4 heterocycles. The van der Waals surface area contributed by atoms with Crippen molar-refractivity contribution in [3.05, 3.63) is 78.1 Å². The number of nitrogens with one attached hydrogen (secondary N) is 1. The van der Waals surface area contributed by atoms with Gasteiger partial charge in [0.25, 0.3) is 0 Å². The maximum absolute atomic E-state index is 11.7. The Balaban J connectivity index is 1.51. The molecular weight excluding hydrogens is 414 g/mol. The molecule has 0 aliphatic heterocycles. The standard InChI is InChI=1S/C25H25N7O/c1-16(2)31-12-11-21(30-31)25-24(20-8-10-23-26-15-27-32(23)14-20)28-22(29-25)9-7-18-5-4-6-19(13-18)17(3)33/h4-6,8,10-16H,7,9H2,1-3H3,(H,28,29). The molecule has 1 aromatic carbocycles. The molecule has 4 aromatic heterocycles. The lowest BCUT2D eigenvalue weighted by Crippen LogP contribution is -2.01. The predicted molar refractivity (Wildman–Crippen MR) is 126 cm³/mol. The fraction of sp³-hybridized carbons (Fsp3) is 0.240. The zero-order valence-electron chi connectivity index (χ0n) is 18.9. The summed E-state index contributed by atoms with van der Waals surface area (Å²) in [6.07, 6.45) is 6.94. The molecule has 8 nitrogen and oxygen atoms in total. The SMILES string of the molecule is CC(=O)c1cccc(CCc2nc(-c3ccc4ncnn4c3)c(-c3ccn(C(C)C)n3)[nH]2)c1. The molecule has 0 radical (unpaired) electrons. The van der Waals surface area contributed by atoms with Gasteiger partial charge in [-0.1, -0.05) is 18.2 Å². The number of carbonyl (C=O) groups is 1. The Morgan fingerprint density at radius 2 is 2.00 bits per heavy atom. The molecule has 33 heavy (non-hydrogen) atoms. The quantitative estimate of drug-likeness (QED) is 0.376. The summed E-state index contributed by atoms with van der Waals surface area (Å²) in [5.74, 6) is 0.940. The number of rotatable bonds is 7. The van der Waals surface area contributed by atoms with Crippen LogP contribution in [0.25, 0.3) is 28.3 Å². The van der Waals surface area contributed by atoms with Crippen molar-refractivity contribution >= 4 is 11.4 Å². The topological polar surface area (TPSA) is 93.8 Å². The van der Waals surface area contributed by atoms with Gasteiger partial charge in [-0.25, -0.2) is 14.5 Å². The molecule has 0 fully saturated rings. The molecule has 0 aliphatic carbocycles. The zero-order chi connectivity index (χ0) is 22.9. The first-order valence-electron chi connectivity index (χ1n) is 11.0. The van der Waals surface area contributed by atoms with Crippen molar-refractivity contribution < 1.29 is 4.79 Å². The maximum atomic E-state index is 11.7. The fourth-order valence-corrected chi connectivity index (χ4v) is 3.86. The minimum absolute atomic E-state index is 0.0728. The van der Waals surface area contributed by atoms with E-state index in [1.54, 1.807) is 11.4 Å². The number of fused-ring (bicyclic) bond motifs is 1. The van der Waals surface area contributed by atoms with E-state index in [-0.39, 0.29) is 11.8 Å². The van der Waals surface area contributed by atoms with Gasteiger partial charge in [-0.05, 0) is 57.0 Å². The van der Waals surface area contributed by atoms with Crippen LogP contribution in [0.4, 0.5) is 0 Å². The number of nitrogens with zero attached hydrogens (tertiary/aromatic N) is 6. The molecule has 0 saturated carbocycles. The number of pyridine rings is 1. The molecular formula is C25H25N7O. The summed E-state index contributed by atoms with van der Waals surface area (Å²) in [5.41, 5.74) is 6.10. The number of aryl methyl sites for hydroxylation is 2. The van der Waals surface area contributed by atoms with Crippen molar-refractivity contribution in [2.45, 2.75) is 39.7 Å². The highest BCUT2D eigenvalue weighted by atomic mass is 16.1. The number of ketones is 1. The van der Waals surface area contributed by atoms with Crippen molar-refractivity contribution in [1.82, 2.24) is 34.3 Å². The smallest absolute Gasteiger partial charge is 0.159 e. The number of benzene rings is 1. The van der Waals surface area contributed by atoms with Gasteiger partial charge in [0, 0.05) is 36.0 Å². The molecule has 0 atom stereocenters. The molecule has 0 aliphatic rings. The van der Waals surface area contributed by atoms with Gasteiger partial charge >= 0.3 is 0 Å². The van der Waals surface area contributed by atoms with Gasteiger partial charge in [-0.2, -0.15) is 10.2 Å². The van der Waals surface area contributed by atoms with Gasteiger partial charge in [0.1, 0.15) is 17.8 Å². The first-order chi connectivity index (χ1) is 16.0. The van der Waals surface area contributed by atoms with Crippen LogP contribution in [0.15, 0.2) is 61.2 Å². The molecule has 0 spiro atoms. The largest absolute Gasteiger partial charge is 0.340 e. The van der Waals surface area contributed by atoms with E-state index in [1.165, 1.54) is 6.33 Å². The number of imidazole rings is 1. The van der Waals surface area contributed by atoms with Crippen LogP contribution in [0, 0.1) is 0 Å². The summed E-state index contributed by atoms with van der Waals surface area (Å²) in [6.45, 7) is 5.79. The van der Waals surface area contributed by atoms with Crippen molar-refractivity contribution in [3.63, 3.8) is 0 Å². The number of aromatic amines is 1. The Kier molecular flexibility index (Phi) is 5.34. The second-order valence-corrected chi connectivity index (χ2v) is 8.42. The number of hydrogen-bond donors (Lipinski definition) is 1. The lowest BCUT2D eigenvalue weighted by atomic mass is 10.0. The Bertz CT molecular complexity index is 1440. The Morgan fingerprint density at radius 1 is 1.12 bits per heavy atom. The fourth-order valence-electron chi connectivity index (χ4n) is 3.86. The van der Waals surface area contributed by atoms with Crippen LogP contribution in [0.3, 0.4) is 0 Å². The highest BCUT2D eigenvalue weighted by Gasteiger charge is 2.18. The summed E-state index contributed by atoms with van der Waals surface area (Å²) in [6, 6.07) is 14.0. The summed E-state index contributed by atoms with van der Waals surface area (Å²) >= 11 is 0. The molecule has 5 rings (SSSR count). The third kappa shape index (κ3) is 4.19. The van der Waals surface area contributed by atoms with Gasteiger partial charge in [-0.3, -0.25) is 9.48 Å². The predicted octanol–water partition coefficient (Wildman–Crippen LogP) is 4.55. The number of H-pyrrole nitrogens is 1. The van der Waals surface area contributed by atoms with Crippen LogP contribution in [0.5, 0.6) is 0 Å². The third-order valence-electron chi connectivity index (χ3n) is 5.68. The van der Waals surface area contributed by atoms with Crippen molar-refractivity contribution in [1.29, 1.82) is 0 Å². The lowest BCUT2D eigenvalue weighted by Gasteiger charge is -2.04. The van der Waals surface area contributed by atoms with Crippen LogP contribution < -0.4 is 0 Å².